The van der Waals surface area contributed by atoms with Gasteiger partial charge >= 0.3 is 0 Å². The van der Waals surface area contributed by atoms with Gasteiger partial charge < -0.3 is 10.6 Å². The largest absolute Gasteiger partial charge is 0.399 e. The summed E-state index contributed by atoms with van der Waals surface area (Å²) in [6, 6.07) is 12.9. The summed E-state index contributed by atoms with van der Waals surface area (Å²) in [4.78, 5) is 14.4. The maximum absolute atomic E-state index is 12.6. The highest BCUT2D eigenvalue weighted by Crippen LogP contribution is 2.19. The van der Waals surface area contributed by atoms with Gasteiger partial charge in [0.2, 0.25) is 0 Å². The van der Waals surface area contributed by atoms with Gasteiger partial charge in [-0.25, -0.2) is 0 Å². The lowest BCUT2D eigenvalue weighted by atomic mass is 10.1. The lowest BCUT2D eigenvalue weighted by Gasteiger charge is -2.22. The number of benzene rings is 2. The Balaban J connectivity index is 2.22. The lowest BCUT2D eigenvalue weighted by Crippen LogP contribution is -2.30. The van der Waals surface area contributed by atoms with Crippen LogP contribution in [0.4, 0.5) is 5.69 Å². The van der Waals surface area contributed by atoms with Crippen LogP contribution in [0.15, 0.2) is 42.5 Å². The van der Waals surface area contributed by atoms with E-state index in [1.54, 1.807) is 17.0 Å². The Bertz CT molecular complexity index is 655. The summed E-state index contributed by atoms with van der Waals surface area (Å²) in [5.74, 6) is -0.0134. The standard InChI is InChI=1S/C17H19ClN2O/c1-3-20(11-14-6-4-5-7-15(14)18)17(21)13-8-9-16(19)12(2)10-13/h4-10H,3,11,19H2,1-2H3. The van der Waals surface area contributed by atoms with Crippen molar-refractivity contribution in [2.45, 2.75) is 20.4 Å². The first kappa shape index (κ1) is 15.4. The van der Waals surface area contributed by atoms with E-state index in [9.17, 15) is 4.79 Å². The molecule has 2 aromatic carbocycles. The van der Waals surface area contributed by atoms with Crippen molar-refractivity contribution in [3.8, 4) is 0 Å². The number of aryl methyl sites for hydroxylation is 1. The number of carbonyl (C=O) groups excluding carboxylic acids is 1. The molecule has 2 rings (SSSR count). The number of hydrogen-bond donors (Lipinski definition) is 1. The molecule has 2 aromatic rings. The van der Waals surface area contributed by atoms with E-state index in [-0.39, 0.29) is 5.91 Å². The molecule has 1 amide bonds. The smallest absolute Gasteiger partial charge is 0.254 e. The molecule has 0 aliphatic carbocycles. The van der Waals surface area contributed by atoms with Gasteiger partial charge in [0.25, 0.3) is 5.91 Å². The molecule has 110 valence electrons. The summed E-state index contributed by atoms with van der Waals surface area (Å²) in [6.45, 7) is 4.97. The van der Waals surface area contributed by atoms with Crippen molar-refractivity contribution in [1.29, 1.82) is 0 Å². The second-order valence-corrected chi connectivity index (χ2v) is 5.39. The van der Waals surface area contributed by atoms with Gasteiger partial charge in [0.15, 0.2) is 0 Å². The van der Waals surface area contributed by atoms with Gasteiger partial charge in [0, 0.05) is 29.4 Å². The van der Waals surface area contributed by atoms with Crippen LogP contribution in [0.1, 0.15) is 28.4 Å². The molecule has 0 aliphatic rings. The summed E-state index contributed by atoms with van der Waals surface area (Å²) in [6.07, 6.45) is 0. The van der Waals surface area contributed by atoms with Crippen LogP contribution in [-0.4, -0.2) is 17.4 Å². The topological polar surface area (TPSA) is 46.3 Å². The fourth-order valence-corrected chi connectivity index (χ4v) is 2.35. The second-order valence-electron chi connectivity index (χ2n) is 4.98. The van der Waals surface area contributed by atoms with Crippen molar-refractivity contribution in [2.75, 3.05) is 12.3 Å². The fraction of sp³-hybridized carbons (Fsp3) is 0.235. The highest BCUT2D eigenvalue weighted by molar-refractivity contribution is 6.31. The Morgan fingerprint density at radius 2 is 1.95 bits per heavy atom. The monoisotopic (exact) mass is 302 g/mol. The quantitative estimate of drug-likeness (QED) is 0.871. The SMILES string of the molecule is CCN(Cc1ccccc1Cl)C(=O)c1ccc(N)c(C)c1. The molecule has 0 aromatic heterocycles. The minimum atomic E-state index is -0.0134. The first-order chi connectivity index (χ1) is 10.0. The molecule has 0 aliphatic heterocycles. The van der Waals surface area contributed by atoms with Crippen LogP contribution < -0.4 is 5.73 Å². The molecule has 4 heteroatoms. The molecule has 0 bridgehead atoms. The van der Waals surface area contributed by atoms with Crippen molar-refractivity contribution < 1.29 is 4.79 Å². The van der Waals surface area contributed by atoms with Gasteiger partial charge in [0.05, 0.1) is 0 Å². The minimum Gasteiger partial charge on any atom is -0.399 e. The Hall–Kier alpha value is -2.00. The van der Waals surface area contributed by atoms with Crippen LogP contribution in [0, 0.1) is 6.92 Å². The molecule has 2 N–H and O–H groups in total. The number of halogens is 1. The van der Waals surface area contributed by atoms with E-state index in [1.807, 2.05) is 44.2 Å². The molecular weight excluding hydrogens is 284 g/mol. The molecular formula is C17H19ClN2O. The van der Waals surface area contributed by atoms with Crippen LogP contribution in [-0.2, 0) is 6.54 Å². The summed E-state index contributed by atoms with van der Waals surface area (Å²) >= 11 is 6.17. The van der Waals surface area contributed by atoms with Gasteiger partial charge in [-0.15, -0.1) is 0 Å². The number of rotatable bonds is 4. The minimum absolute atomic E-state index is 0.0134. The van der Waals surface area contributed by atoms with E-state index in [2.05, 4.69) is 0 Å². The zero-order valence-corrected chi connectivity index (χ0v) is 13.0. The molecule has 0 atom stereocenters. The van der Waals surface area contributed by atoms with E-state index in [0.717, 1.165) is 11.1 Å². The van der Waals surface area contributed by atoms with Gasteiger partial charge in [-0.05, 0) is 49.2 Å². The third kappa shape index (κ3) is 3.56. The number of carbonyl (C=O) groups is 1. The molecule has 0 fully saturated rings. The van der Waals surface area contributed by atoms with E-state index < -0.39 is 0 Å². The van der Waals surface area contributed by atoms with Crippen molar-refractivity contribution in [3.63, 3.8) is 0 Å². The number of hydrogen-bond acceptors (Lipinski definition) is 2. The van der Waals surface area contributed by atoms with Crippen LogP contribution in [0.5, 0.6) is 0 Å². The Morgan fingerprint density at radius 3 is 2.57 bits per heavy atom. The Labute approximate surface area is 130 Å². The van der Waals surface area contributed by atoms with Crippen molar-refractivity contribution in [1.82, 2.24) is 4.90 Å². The highest BCUT2D eigenvalue weighted by Gasteiger charge is 2.16. The van der Waals surface area contributed by atoms with Crippen molar-refractivity contribution >= 4 is 23.2 Å². The molecule has 0 saturated carbocycles. The van der Waals surface area contributed by atoms with Crippen LogP contribution in [0.3, 0.4) is 0 Å². The summed E-state index contributed by atoms with van der Waals surface area (Å²) in [7, 11) is 0. The summed E-state index contributed by atoms with van der Waals surface area (Å²) < 4.78 is 0. The second kappa shape index (κ2) is 6.64. The first-order valence-electron chi connectivity index (χ1n) is 6.91. The predicted molar refractivity (Wildman–Crippen MR) is 87.5 cm³/mol. The van der Waals surface area contributed by atoms with E-state index in [4.69, 9.17) is 17.3 Å². The first-order valence-corrected chi connectivity index (χ1v) is 7.29. The molecule has 0 radical (unpaired) electrons. The lowest BCUT2D eigenvalue weighted by molar-refractivity contribution is 0.0752. The number of amides is 1. The number of nitrogens with zero attached hydrogens (tertiary/aromatic N) is 1. The maximum atomic E-state index is 12.6. The van der Waals surface area contributed by atoms with Gasteiger partial charge in [0.1, 0.15) is 0 Å². The summed E-state index contributed by atoms with van der Waals surface area (Å²) in [5, 5.41) is 0.678. The third-order valence-electron chi connectivity index (χ3n) is 3.50. The zero-order valence-electron chi connectivity index (χ0n) is 12.3. The Kier molecular flexibility index (Phi) is 4.86. The molecule has 0 spiro atoms. The number of nitrogen functional groups attached to an aromatic ring is 1. The fourth-order valence-electron chi connectivity index (χ4n) is 2.15. The molecule has 3 nitrogen and oxygen atoms in total. The van der Waals surface area contributed by atoms with Crippen LogP contribution in [0.2, 0.25) is 5.02 Å². The molecule has 21 heavy (non-hydrogen) atoms. The van der Waals surface area contributed by atoms with Crippen LogP contribution >= 0.6 is 11.6 Å². The molecule has 0 saturated heterocycles. The average molecular weight is 303 g/mol. The van der Waals surface area contributed by atoms with Crippen molar-refractivity contribution in [2.24, 2.45) is 0 Å². The van der Waals surface area contributed by atoms with Gasteiger partial charge in [-0.3, -0.25) is 4.79 Å². The number of nitrogens with two attached hydrogens (primary N) is 1. The van der Waals surface area contributed by atoms with Gasteiger partial charge in [-0.2, -0.15) is 0 Å². The zero-order chi connectivity index (χ0) is 15.4. The molecule has 0 heterocycles. The maximum Gasteiger partial charge on any atom is 0.254 e. The highest BCUT2D eigenvalue weighted by atomic mass is 35.5. The van der Waals surface area contributed by atoms with Gasteiger partial charge in [-0.1, -0.05) is 29.8 Å². The van der Waals surface area contributed by atoms with E-state index in [1.165, 1.54) is 0 Å². The van der Waals surface area contributed by atoms with E-state index in [0.29, 0.717) is 29.4 Å². The molecule has 0 unspecified atom stereocenters. The average Bonchev–Trinajstić information content (AvgIpc) is 2.48. The Morgan fingerprint density at radius 1 is 1.24 bits per heavy atom. The normalized spacial score (nSPS) is 10.4. The third-order valence-corrected chi connectivity index (χ3v) is 3.87. The van der Waals surface area contributed by atoms with E-state index >= 15 is 0 Å². The summed E-state index contributed by atoms with van der Waals surface area (Å²) in [5.41, 5.74) is 9.00. The van der Waals surface area contributed by atoms with Crippen molar-refractivity contribution in [3.05, 3.63) is 64.2 Å². The predicted octanol–water partition coefficient (Wildman–Crippen LogP) is 3.89. The number of anilines is 1. The van der Waals surface area contributed by atoms with Crippen LogP contribution in [0.25, 0.3) is 0 Å².